The Balaban J connectivity index is 1.57. The summed E-state index contributed by atoms with van der Waals surface area (Å²) in [4.78, 5) is 4.97. The molecule has 2 aliphatic rings. The number of nitrogens with zero attached hydrogens (tertiary/aromatic N) is 2. The lowest BCUT2D eigenvalue weighted by Crippen LogP contribution is -2.62. The van der Waals surface area contributed by atoms with Crippen molar-refractivity contribution in [3.8, 4) is 5.75 Å². The first-order valence-corrected chi connectivity index (χ1v) is 7.71. The number of likely N-dealkylation sites (tertiary alicyclic amines) is 1. The molecule has 1 unspecified atom stereocenters. The van der Waals surface area contributed by atoms with E-state index in [2.05, 4.69) is 22.0 Å². The van der Waals surface area contributed by atoms with E-state index in [9.17, 15) is 4.39 Å². The second-order valence-corrected chi connectivity index (χ2v) is 5.96. The molecule has 0 aromatic heterocycles. The molecule has 0 bridgehead atoms. The lowest BCUT2D eigenvalue weighted by molar-refractivity contribution is 0.00340. The minimum atomic E-state index is -0.277. The molecular formula is C16H24FN3O. The van der Waals surface area contributed by atoms with Crippen molar-refractivity contribution in [2.75, 3.05) is 46.4 Å². The fourth-order valence-electron chi connectivity index (χ4n) is 3.24. The highest BCUT2D eigenvalue weighted by atomic mass is 19.1. The molecular weight excluding hydrogens is 269 g/mol. The second-order valence-electron chi connectivity index (χ2n) is 5.96. The van der Waals surface area contributed by atoms with E-state index < -0.39 is 0 Å². The molecule has 0 spiro atoms. The van der Waals surface area contributed by atoms with E-state index in [1.165, 1.54) is 7.11 Å². The van der Waals surface area contributed by atoms with Gasteiger partial charge in [0.15, 0.2) is 11.6 Å². The Morgan fingerprint density at radius 2 is 2.00 bits per heavy atom. The van der Waals surface area contributed by atoms with Gasteiger partial charge in [0.2, 0.25) is 0 Å². The molecule has 2 saturated heterocycles. The normalized spacial score (nSPS) is 22.8. The third-order valence-corrected chi connectivity index (χ3v) is 4.76. The van der Waals surface area contributed by atoms with Crippen LogP contribution in [0, 0.1) is 5.82 Å². The Kier molecular flexibility index (Phi) is 4.42. The smallest absolute Gasteiger partial charge is 0.165 e. The maximum absolute atomic E-state index is 13.8. The number of ether oxygens (including phenoxy) is 1. The van der Waals surface area contributed by atoms with E-state index in [-0.39, 0.29) is 11.9 Å². The van der Waals surface area contributed by atoms with Gasteiger partial charge in [0.1, 0.15) is 0 Å². The molecule has 1 aromatic rings. The van der Waals surface area contributed by atoms with Crippen LogP contribution in [0.5, 0.6) is 5.75 Å². The van der Waals surface area contributed by atoms with Gasteiger partial charge >= 0.3 is 0 Å². The van der Waals surface area contributed by atoms with Crippen molar-refractivity contribution in [2.45, 2.75) is 19.0 Å². The number of methoxy groups -OCH3 is 1. The van der Waals surface area contributed by atoms with Crippen molar-refractivity contribution in [3.63, 3.8) is 0 Å². The summed E-state index contributed by atoms with van der Waals surface area (Å²) in [5.74, 6) is 0.0364. The van der Waals surface area contributed by atoms with Gasteiger partial charge < -0.3 is 10.1 Å². The summed E-state index contributed by atoms with van der Waals surface area (Å²) in [6.07, 6.45) is 0. The predicted molar refractivity (Wildman–Crippen MR) is 81.2 cm³/mol. The average Bonchev–Trinajstić information content (AvgIpc) is 2.46. The number of halogens is 1. The van der Waals surface area contributed by atoms with E-state index in [1.54, 1.807) is 12.1 Å². The third kappa shape index (κ3) is 3.05. The summed E-state index contributed by atoms with van der Waals surface area (Å²) in [5, 5.41) is 3.39. The SMILES string of the molecule is COc1ccc(C(C)N2CC(N3CCNCC3)C2)cc1F. The topological polar surface area (TPSA) is 27.7 Å². The molecule has 4 nitrogen and oxygen atoms in total. The molecule has 5 heteroatoms. The summed E-state index contributed by atoms with van der Waals surface area (Å²) >= 11 is 0. The standard InChI is InChI=1S/C16H24FN3O/c1-12(13-3-4-16(21-2)15(17)9-13)20-10-14(11-20)19-7-5-18-6-8-19/h3-4,9,12,14,18H,5-8,10-11H2,1-2H3. The fourth-order valence-corrected chi connectivity index (χ4v) is 3.24. The molecule has 1 N–H and O–H groups in total. The zero-order chi connectivity index (χ0) is 14.8. The van der Waals surface area contributed by atoms with Crippen LogP contribution in [0.4, 0.5) is 4.39 Å². The minimum absolute atomic E-state index is 0.254. The van der Waals surface area contributed by atoms with Crippen LogP contribution in [0.2, 0.25) is 0 Å². The van der Waals surface area contributed by atoms with Crippen molar-refractivity contribution in [1.29, 1.82) is 0 Å². The van der Waals surface area contributed by atoms with Crippen LogP contribution in [-0.4, -0.2) is 62.2 Å². The van der Waals surface area contributed by atoms with Gasteiger partial charge in [0.05, 0.1) is 7.11 Å². The number of benzene rings is 1. The summed E-state index contributed by atoms with van der Waals surface area (Å²) in [6, 6.07) is 6.20. The van der Waals surface area contributed by atoms with Gasteiger partial charge in [-0.05, 0) is 24.6 Å². The van der Waals surface area contributed by atoms with Crippen LogP contribution in [0.1, 0.15) is 18.5 Å². The van der Waals surface area contributed by atoms with Gasteiger partial charge in [-0.2, -0.15) is 0 Å². The molecule has 0 radical (unpaired) electrons. The number of hydrogen-bond acceptors (Lipinski definition) is 4. The zero-order valence-corrected chi connectivity index (χ0v) is 12.8. The predicted octanol–water partition coefficient (Wildman–Crippen LogP) is 1.48. The summed E-state index contributed by atoms with van der Waals surface area (Å²) in [5.41, 5.74) is 1.02. The van der Waals surface area contributed by atoms with E-state index in [0.717, 1.165) is 44.8 Å². The molecule has 21 heavy (non-hydrogen) atoms. The van der Waals surface area contributed by atoms with Crippen LogP contribution in [0.3, 0.4) is 0 Å². The van der Waals surface area contributed by atoms with Crippen LogP contribution >= 0.6 is 0 Å². The number of piperazine rings is 1. The quantitative estimate of drug-likeness (QED) is 0.910. The Morgan fingerprint density at radius 3 is 2.62 bits per heavy atom. The molecule has 0 saturated carbocycles. The molecule has 1 aromatic carbocycles. The van der Waals surface area contributed by atoms with E-state index in [0.29, 0.717) is 11.8 Å². The van der Waals surface area contributed by atoms with E-state index in [4.69, 9.17) is 4.74 Å². The number of nitrogens with one attached hydrogen (secondary N) is 1. The first-order valence-electron chi connectivity index (χ1n) is 7.71. The van der Waals surface area contributed by atoms with Crippen molar-refractivity contribution in [1.82, 2.24) is 15.1 Å². The van der Waals surface area contributed by atoms with Gasteiger partial charge in [-0.15, -0.1) is 0 Å². The van der Waals surface area contributed by atoms with Gasteiger partial charge in [0, 0.05) is 51.4 Å². The van der Waals surface area contributed by atoms with Gasteiger partial charge in [-0.1, -0.05) is 6.07 Å². The average molecular weight is 293 g/mol. The van der Waals surface area contributed by atoms with E-state index >= 15 is 0 Å². The molecule has 0 amide bonds. The molecule has 116 valence electrons. The molecule has 2 heterocycles. The minimum Gasteiger partial charge on any atom is -0.494 e. The van der Waals surface area contributed by atoms with Gasteiger partial charge in [-0.3, -0.25) is 9.80 Å². The largest absolute Gasteiger partial charge is 0.494 e. The highest BCUT2D eigenvalue weighted by Crippen LogP contribution is 2.30. The fraction of sp³-hybridized carbons (Fsp3) is 0.625. The highest BCUT2D eigenvalue weighted by Gasteiger charge is 2.35. The second kappa shape index (κ2) is 6.30. The number of rotatable bonds is 4. The van der Waals surface area contributed by atoms with E-state index in [1.807, 2.05) is 6.07 Å². The molecule has 2 aliphatic heterocycles. The lowest BCUT2D eigenvalue weighted by Gasteiger charge is -2.49. The van der Waals surface area contributed by atoms with Crippen molar-refractivity contribution in [2.24, 2.45) is 0 Å². The summed E-state index contributed by atoms with van der Waals surface area (Å²) in [6.45, 7) is 8.78. The molecule has 3 rings (SSSR count). The third-order valence-electron chi connectivity index (χ3n) is 4.76. The van der Waals surface area contributed by atoms with Crippen LogP contribution in [-0.2, 0) is 0 Å². The van der Waals surface area contributed by atoms with Crippen molar-refractivity contribution >= 4 is 0 Å². The monoisotopic (exact) mass is 293 g/mol. The van der Waals surface area contributed by atoms with Crippen LogP contribution < -0.4 is 10.1 Å². The molecule has 2 fully saturated rings. The van der Waals surface area contributed by atoms with Gasteiger partial charge in [-0.25, -0.2) is 4.39 Å². The number of hydrogen-bond donors (Lipinski definition) is 1. The van der Waals surface area contributed by atoms with Crippen LogP contribution in [0.15, 0.2) is 18.2 Å². The summed E-state index contributed by atoms with van der Waals surface area (Å²) < 4.78 is 18.8. The Morgan fingerprint density at radius 1 is 1.29 bits per heavy atom. The Hall–Kier alpha value is -1.17. The molecule has 0 aliphatic carbocycles. The van der Waals surface area contributed by atoms with Crippen molar-refractivity contribution < 1.29 is 9.13 Å². The maximum Gasteiger partial charge on any atom is 0.165 e. The summed E-state index contributed by atoms with van der Waals surface area (Å²) in [7, 11) is 1.50. The first kappa shape index (κ1) is 14.8. The maximum atomic E-state index is 13.8. The highest BCUT2D eigenvalue weighted by molar-refractivity contribution is 5.31. The Labute approximate surface area is 125 Å². The first-order chi connectivity index (χ1) is 10.2. The van der Waals surface area contributed by atoms with Gasteiger partial charge in [0.25, 0.3) is 0 Å². The van der Waals surface area contributed by atoms with Crippen LogP contribution in [0.25, 0.3) is 0 Å². The lowest BCUT2D eigenvalue weighted by atomic mass is 9.99. The van der Waals surface area contributed by atoms with Crippen molar-refractivity contribution in [3.05, 3.63) is 29.6 Å². The molecule has 1 atom stereocenters. The zero-order valence-electron chi connectivity index (χ0n) is 12.8. The Bertz CT molecular complexity index is 484.